The van der Waals surface area contributed by atoms with E-state index < -0.39 is 0 Å². The Kier molecular flexibility index (Phi) is 5.74. The van der Waals surface area contributed by atoms with Crippen molar-refractivity contribution in [3.63, 3.8) is 0 Å². The number of hydrogen-bond donors (Lipinski definition) is 1. The van der Waals surface area contributed by atoms with E-state index in [-0.39, 0.29) is 11.8 Å². The Morgan fingerprint density at radius 1 is 1.21 bits per heavy atom. The van der Waals surface area contributed by atoms with Gasteiger partial charge in [-0.15, -0.1) is 10.2 Å². The number of rotatable bonds is 6. The lowest BCUT2D eigenvalue weighted by atomic mass is 9.97. The van der Waals surface area contributed by atoms with Gasteiger partial charge in [-0.1, -0.05) is 0 Å². The molecule has 0 bridgehead atoms. The molecule has 7 nitrogen and oxygen atoms in total. The average molecular weight is 392 g/mol. The fourth-order valence-electron chi connectivity index (χ4n) is 3.54. The van der Waals surface area contributed by atoms with E-state index in [0.717, 1.165) is 48.0 Å². The molecule has 2 aromatic heterocycles. The molecule has 0 radical (unpaired) electrons. The van der Waals surface area contributed by atoms with Gasteiger partial charge in [-0.25, -0.2) is 0 Å². The second-order valence-electron chi connectivity index (χ2n) is 7.09. The van der Waals surface area contributed by atoms with E-state index in [0.29, 0.717) is 13.1 Å². The third kappa shape index (κ3) is 4.56. The van der Waals surface area contributed by atoms with E-state index in [9.17, 15) is 4.79 Å². The molecule has 29 heavy (non-hydrogen) atoms. The van der Waals surface area contributed by atoms with Gasteiger partial charge >= 0.3 is 0 Å². The van der Waals surface area contributed by atoms with Crippen molar-refractivity contribution < 1.29 is 13.9 Å². The van der Waals surface area contributed by atoms with Gasteiger partial charge in [0, 0.05) is 18.7 Å². The summed E-state index contributed by atoms with van der Waals surface area (Å²) < 4.78 is 10.5. The van der Waals surface area contributed by atoms with Crippen LogP contribution >= 0.6 is 0 Å². The molecule has 1 unspecified atom stereocenters. The van der Waals surface area contributed by atoms with E-state index >= 15 is 0 Å². The molecule has 4 rings (SSSR count). The van der Waals surface area contributed by atoms with E-state index in [4.69, 9.17) is 9.15 Å². The maximum atomic E-state index is 12.5. The normalized spacial score (nSPS) is 16.4. The molecule has 1 aromatic carbocycles. The van der Waals surface area contributed by atoms with E-state index in [1.807, 2.05) is 48.5 Å². The fourth-order valence-corrected chi connectivity index (χ4v) is 3.54. The Bertz CT molecular complexity index is 924. The lowest BCUT2D eigenvalue weighted by molar-refractivity contribution is -0.125. The first-order valence-electron chi connectivity index (χ1n) is 9.76. The molecular formula is C22H24N4O3. The first-order chi connectivity index (χ1) is 14.2. The zero-order valence-corrected chi connectivity index (χ0v) is 16.4. The van der Waals surface area contributed by atoms with Crippen LogP contribution in [-0.2, 0) is 11.3 Å². The maximum Gasteiger partial charge on any atom is 0.225 e. The standard InChI is InChI=1S/C22H24N4O3/c1-28-18-8-6-16(7-9-18)20-10-11-21(25-24-20)26-12-2-4-17(15-26)22(27)23-14-19-5-3-13-29-19/h3,5-11,13,17H,2,4,12,14-15H2,1H3,(H,23,27). The minimum atomic E-state index is -0.0678. The van der Waals surface area contributed by atoms with Crippen LogP contribution in [0.3, 0.4) is 0 Å². The molecule has 3 heterocycles. The molecule has 1 amide bonds. The zero-order valence-electron chi connectivity index (χ0n) is 16.4. The Hall–Kier alpha value is -3.35. The predicted molar refractivity (Wildman–Crippen MR) is 110 cm³/mol. The summed E-state index contributed by atoms with van der Waals surface area (Å²) in [4.78, 5) is 14.7. The molecule has 0 saturated carbocycles. The van der Waals surface area contributed by atoms with Gasteiger partial charge in [0.25, 0.3) is 0 Å². The summed E-state index contributed by atoms with van der Waals surface area (Å²) in [7, 11) is 1.65. The van der Waals surface area contributed by atoms with Crippen molar-refractivity contribution in [2.24, 2.45) is 5.92 Å². The van der Waals surface area contributed by atoms with Crippen molar-refractivity contribution in [2.75, 3.05) is 25.1 Å². The van der Waals surface area contributed by atoms with Crippen LogP contribution in [0, 0.1) is 5.92 Å². The first kappa shape index (κ1) is 19.0. The lowest BCUT2D eigenvalue weighted by Gasteiger charge is -2.32. The molecule has 7 heteroatoms. The van der Waals surface area contributed by atoms with Gasteiger partial charge in [0.15, 0.2) is 5.82 Å². The summed E-state index contributed by atoms with van der Waals surface area (Å²) in [5.41, 5.74) is 1.79. The summed E-state index contributed by atoms with van der Waals surface area (Å²) >= 11 is 0. The van der Waals surface area contributed by atoms with Gasteiger partial charge in [0.1, 0.15) is 11.5 Å². The zero-order chi connectivity index (χ0) is 20.1. The number of methoxy groups -OCH3 is 1. The first-order valence-corrected chi connectivity index (χ1v) is 9.76. The van der Waals surface area contributed by atoms with Crippen LogP contribution in [0.4, 0.5) is 5.82 Å². The van der Waals surface area contributed by atoms with E-state index in [1.54, 1.807) is 13.4 Å². The Morgan fingerprint density at radius 3 is 2.76 bits per heavy atom. The van der Waals surface area contributed by atoms with Crippen molar-refractivity contribution in [3.8, 4) is 17.0 Å². The van der Waals surface area contributed by atoms with Gasteiger partial charge in [-0.05, 0) is 61.4 Å². The molecule has 0 spiro atoms. The van der Waals surface area contributed by atoms with Gasteiger partial charge in [-0.2, -0.15) is 0 Å². The van der Waals surface area contributed by atoms with Crippen LogP contribution in [-0.4, -0.2) is 36.3 Å². The molecule has 150 valence electrons. The van der Waals surface area contributed by atoms with Crippen LogP contribution in [0.25, 0.3) is 11.3 Å². The van der Waals surface area contributed by atoms with Crippen molar-refractivity contribution in [2.45, 2.75) is 19.4 Å². The number of nitrogens with zero attached hydrogens (tertiary/aromatic N) is 3. The van der Waals surface area contributed by atoms with E-state index in [2.05, 4.69) is 20.4 Å². The molecule has 1 N–H and O–H groups in total. The quantitative estimate of drug-likeness (QED) is 0.693. The summed E-state index contributed by atoms with van der Waals surface area (Å²) in [5, 5.41) is 11.7. The number of amides is 1. The largest absolute Gasteiger partial charge is 0.497 e. The SMILES string of the molecule is COc1ccc(-c2ccc(N3CCCC(C(=O)NCc4ccco4)C3)nn2)cc1. The Balaban J connectivity index is 1.38. The highest BCUT2D eigenvalue weighted by Crippen LogP contribution is 2.24. The predicted octanol–water partition coefficient (Wildman–Crippen LogP) is 3.28. The monoisotopic (exact) mass is 392 g/mol. The van der Waals surface area contributed by atoms with Crippen molar-refractivity contribution in [1.29, 1.82) is 0 Å². The van der Waals surface area contributed by atoms with Crippen molar-refractivity contribution in [3.05, 3.63) is 60.6 Å². The second-order valence-corrected chi connectivity index (χ2v) is 7.09. The fraction of sp³-hybridized carbons (Fsp3) is 0.318. The Morgan fingerprint density at radius 2 is 2.07 bits per heavy atom. The van der Waals surface area contributed by atoms with Crippen molar-refractivity contribution >= 4 is 11.7 Å². The number of ether oxygens (including phenoxy) is 1. The molecule has 1 atom stereocenters. The third-order valence-corrected chi connectivity index (χ3v) is 5.17. The highest BCUT2D eigenvalue weighted by Gasteiger charge is 2.26. The van der Waals surface area contributed by atoms with Gasteiger partial charge < -0.3 is 19.4 Å². The van der Waals surface area contributed by atoms with Crippen LogP contribution < -0.4 is 15.0 Å². The summed E-state index contributed by atoms with van der Waals surface area (Å²) in [6.45, 7) is 1.93. The summed E-state index contributed by atoms with van der Waals surface area (Å²) in [6, 6.07) is 15.3. The minimum Gasteiger partial charge on any atom is -0.497 e. The lowest BCUT2D eigenvalue weighted by Crippen LogP contribution is -2.43. The smallest absolute Gasteiger partial charge is 0.225 e. The molecule has 1 aliphatic heterocycles. The minimum absolute atomic E-state index is 0.0499. The molecule has 0 aliphatic carbocycles. The number of carbonyl (C=O) groups is 1. The molecular weight excluding hydrogens is 368 g/mol. The number of hydrogen-bond acceptors (Lipinski definition) is 6. The molecule has 3 aromatic rings. The number of nitrogens with one attached hydrogen (secondary N) is 1. The molecule has 1 saturated heterocycles. The average Bonchev–Trinajstić information content (AvgIpc) is 3.31. The summed E-state index contributed by atoms with van der Waals surface area (Å²) in [6.07, 6.45) is 3.43. The maximum absolute atomic E-state index is 12.5. The number of carbonyl (C=O) groups excluding carboxylic acids is 1. The number of benzene rings is 1. The van der Waals surface area contributed by atoms with Gasteiger partial charge in [-0.3, -0.25) is 4.79 Å². The number of aromatic nitrogens is 2. The van der Waals surface area contributed by atoms with Crippen LogP contribution in [0.15, 0.2) is 59.2 Å². The number of furan rings is 1. The second kappa shape index (κ2) is 8.77. The van der Waals surface area contributed by atoms with Crippen molar-refractivity contribution in [1.82, 2.24) is 15.5 Å². The van der Waals surface area contributed by atoms with Gasteiger partial charge in [0.2, 0.25) is 5.91 Å². The number of anilines is 1. The van der Waals surface area contributed by atoms with E-state index in [1.165, 1.54) is 0 Å². The topological polar surface area (TPSA) is 80.5 Å². The highest BCUT2D eigenvalue weighted by molar-refractivity contribution is 5.79. The molecule has 1 fully saturated rings. The summed E-state index contributed by atoms with van der Waals surface area (Å²) in [5.74, 6) is 2.34. The van der Waals surface area contributed by atoms with Crippen LogP contribution in [0.5, 0.6) is 5.75 Å². The van der Waals surface area contributed by atoms with Gasteiger partial charge in [0.05, 0.1) is 31.5 Å². The number of piperidine rings is 1. The van der Waals surface area contributed by atoms with Crippen LogP contribution in [0.1, 0.15) is 18.6 Å². The Labute approximate surface area is 169 Å². The third-order valence-electron chi connectivity index (χ3n) is 5.17. The van der Waals surface area contributed by atoms with Crippen LogP contribution in [0.2, 0.25) is 0 Å². The molecule has 1 aliphatic rings. The highest BCUT2D eigenvalue weighted by atomic mass is 16.5.